The lowest BCUT2D eigenvalue weighted by molar-refractivity contribution is 0.0607. The molecule has 1 heterocycles. The Labute approximate surface area is 119 Å². The van der Waals surface area contributed by atoms with Crippen LogP contribution in [0.2, 0.25) is 5.02 Å². The summed E-state index contributed by atoms with van der Waals surface area (Å²) in [6.45, 7) is 0. The lowest BCUT2D eigenvalue weighted by Crippen LogP contribution is -2.01. The Kier molecular flexibility index (Phi) is 4.54. The molecule has 0 atom stereocenters. The number of hydrogen-bond donors (Lipinski definition) is 1. The highest BCUT2D eigenvalue weighted by Crippen LogP contribution is 2.23. The molecule has 0 saturated heterocycles. The second-order valence-corrected chi connectivity index (χ2v) is 4.93. The summed E-state index contributed by atoms with van der Waals surface area (Å²) in [5.74, 6) is -0.379. The lowest BCUT2D eigenvalue weighted by atomic mass is 10.2. The second-order valence-electron chi connectivity index (χ2n) is 3.58. The fourth-order valence-corrected chi connectivity index (χ4v) is 2.37. The number of nitrogens with one attached hydrogen (secondary N) is 1. The van der Waals surface area contributed by atoms with E-state index in [9.17, 15) is 4.79 Å². The van der Waals surface area contributed by atoms with Crippen molar-refractivity contribution in [3.05, 3.63) is 51.2 Å². The molecular formula is C13H11ClN2O2S. The largest absolute Gasteiger partial charge is 0.465 e. The van der Waals surface area contributed by atoms with Crippen molar-refractivity contribution in [2.24, 2.45) is 5.10 Å². The van der Waals surface area contributed by atoms with E-state index >= 15 is 0 Å². The number of carbonyl (C=O) groups is 1. The van der Waals surface area contributed by atoms with Crippen LogP contribution in [-0.4, -0.2) is 19.3 Å². The minimum absolute atomic E-state index is 0.379. The molecule has 1 aromatic carbocycles. The third kappa shape index (κ3) is 3.56. The molecule has 0 aliphatic rings. The molecule has 0 aliphatic carbocycles. The van der Waals surface area contributed by atoms with Crippen molar-refractivity contribution in [2.75, 3.05) is 12.5 Å². The summed E-state index contributed by atoms with van der Waals surface area (Å²) in [4.78, 5) is 11.9. The van der Waals surface area contributed by atoms with Gasteiger partial charge in [0.25, 0.3) is 0 Å². The van der Waals surface area contributed by atoms with E-state index in [1.165, 1.54) is 18.4 Å². The molecule has 0 unspecified atom stereocenters. The minimum Gasteiger partial charge on any atom is -0.465 e. The van der Waals surface area contributed by atoms with Crippen LogP contribution in [0.25, 0.3) is 0 Å². The number of ether oxygens (including phenoxy) is 1. The second kappa shape index (κ2) is 6.36. The Bertz CT molecular complexity index is 610. The van der Waals surface area contributed by atoms with Crippen molar-refractivity contribution in [3.8, 4) is 0 Å². The molecule has 98 valence electrons. The standard InChI is InChI=1S/C13H11ClN2O2S/c1-18-13(17)12-11(5-6-19-12)16-15-8-9-3-2-4-10(14)7-9/h2-8,16H,1H3/b15-8-. The zero-order valence-corrected chi connectivity index (χ0v) is 11.7. The van der Waals surface area contributed by atoms with Gasteiger partial charge in [0.15, 0.2) is 0 Å². The van der Waals surface area contributed by atoms with Crippen molar-refractivity contribution in [2.45, 2.75) is 0 Å². The third-order valence-corrected chi connectivity index (χ3v) is 3.41. The van der Waals surface area contributed by atoms with E-state index in [4.69, 9.17) is 11.6 Å². The maximum Gasteiger partial charge on any atom is 0.350 e. The average Bonchev–Trinajstić information content (AvgIpc) is 2.86. The van der Waals surface area contributed by atoms with Crippen LogP contribution in [0.1, 0.15) is 15.2 Å². The topological polar surface area (TPSA) is 50.7 Å². The molecule has 1 aromatic heterocycles. The average molecular weight is 295 g/mol. The van der Waals surface area contributed by atoms with Crippen LogP contribution in [0.4, 0.5) is 5.69 Å². The summed E-state index contributed by atoms with van der Waals surface area (Å²) in [7, 11) is 1.35. The molecule has 6 heteroatoms. The number of thiophene rings is 1. The van der Waals surface area contributed by atoms with E-state index in [-0.39, 0.29) is 5.97 Å². The Morgan fingerprint density at radius 2 is 2.32 bits per heavy atom. The number of halogens is 1. The van der Waals surface area contributed by atoms with Gasteiger partial charge in [0.1, 0.15) is 4.88 Å². The van der Waals surface area contributed by atoms with Crippen LogP contribution in [0, 0.1) is 0 Å². The fraction of sp³-hybridized carbons (Fsp3) is 0.0769. The first-order valence-electron chi connectivity index (χ1n) is 5.41. The Morgan fingerprint density at radius 3 is 3.05 bits per heavy atom. The minimum atomic E-state index is -0.379. The molecule has 0 saturated carbocycles. The van der Waals surface area contributed by atoms with Crippen molar-refractivity contribution in [1.82, 2.24) is 0 Å². The van der Waals surface area contributed by atoms with E-state index in [2.05, 4.69) is 15.3 Å². The smallest absolute Gasteiger partial charge is 0.350 e. The number of hydrazone groups is 1. The number of esters is 1. The van der Waals surface area contributed by atoms with Gasteiger partial charge in [-0.05, 0) is 29.1 Å². The molecule has 0 spiro atoms. The monoisotopic (exact) mass is 294 g/mol. The Morgan fingerprint density at radius 1 is 1.47 bits per heavy atom. The molecule has 0 aliphatic heterocycles. The molecule has 0 bridgehead atoms. The van der Waals surface area contributed by atoms with Crippen LogP contribution >= 0.6 is 22.9 Å². The first-order chi connectivity index (χ1) is 9.20. The van der Waals surface area contributed by atoms with Crippen LogP contribution in [0.3, 0.4) is 0 Å². The van der Waals surface area contributed by atoms with E-state index in [0.29, 0.717) is 15.6 Å². The van der Waals surface area contributed by atoms with Gasteiger partial charge >= 0.3 is 5.97 Å². The van der Waals surface area contributed by atoms with Gasteiger partial charge in [0, 0.05) is 5.02 Å². The normalized spacial score (nSPS) is 10.6. The number of rotatable bonds is 4. The Hall–Kier alpha value is -1.85. The summed E-state index contributed by atoms with van der Waals surface area (Å²) in [5.41, 5.74) is 4.30. The third-order valence-electron chi connectivity index (χ3n) is 2.28. The number of hydrogen-bond acceptors (Lipinski definition) is 5. The molecule has 19 heavy (non-hydrogen) atoms. The summed E-state index contributed by atoms with van der Waals surface area (Å²) in [6, 6.07) is 9.08. The quantitative estimate of drug-likeness (QED) is 0.532. The van der Waals surface area contributed by atoms with Crippen LogP contribution in [0.5, 0.6) is 0 Å². The number of benzene rings is 1. The highest BCUT2D eigenvalue weighted by atomic mass is 35.5. The first-order valence-corrected chi connectivity index (χ1v) is 6.67. The van der Waals surface area contributed by atoms with Crippen molar-refractivity contribution >= 4 is 40.8 Å². The molecule has 0 radical (unpaired) electrons. The zero-order valence-electron chi connectivity index (χ0n) is 10.1. The van der Waals surface area contributed by atoms with E-state index in [1.807, 2.05) is 12.1 Å². The van der Waals surface area contributed by atoms with Crippen LogP contribution < -0.4 is 5.43 Å². The van der Waals surface area contributed by atoms with Crippen molar-refractivity contribution in [1.29, 1.82) is 0 Å². The van der Waals surface area contributed by atoms with Crippen LogP contribution in [-0.2, 0) is 4.74 Å². The van der Waals surface area contributed by atoms with Gasteiger partial charge in [-0.2, -0.15) is 5.10 Å². The van der Waals surface area contributed by atoms with Gasteiger partial charge in [-0.25, -0.2) is 4.79 Å². The predicted molar refractivity (Wildman–Crippen MR) is 78.3 cm³/mol. The predicted octanol–water partition coefficient (Wildman–Crippen LogP) is 3.63. The molecule has 2 aromatic rings. The van der Waals surface area contributed by atoms with Gasteiger partial charge in [0.05, 0.1) is 19.0 Å². The SMILES string of the molecule is COC(=O)c1sccc1N/N=C\c1cccc(Cl)c1. The van der Waals surface area contributed by atoms with E-state index in [0.717, 1.165) is 5.56 Å². The summed E-state index contributed by atoms with van der Waals surface area (Å²) < 4.78 is 4.68. The summed E-state index contributed by atoms with van der Waals surface area (Å²) >= 11 is 7.17. The van der Waals surface area contributed by atoms with Crippen molar-refractivity contribution in [3.63, 3.8) is 0 Å². The maximum atomic E-state index is 11.5. The molecule has 0 amide bonds. The number of methoxy groups -OCH3 is 1. The molecule has 4 nitrogen and oxygen atoms in total. The summed E-state index contributed by atoms with van der Waals surface area (Å²) in [6.07, 6.45) is 1.63. The maximum absolute atomic E-state index is 11.5. The molecule has 1 N–H and O–H groups in total. The summed E-state index contributed by atoms with van der Waals surface area (Å²) in [5, 5.41) is 6.51. The number of anilines is 1. The van der Waals surface area contributed by atoms with Crippen molar-refractivity contribution < 1.29 is 9.53 Å². The number of nitrogens with zero attached hydrogens (tertiary/aromatic N) is 1. The van der Waals surface area contributed by atoms with Crippen LogP contribution in [0.15, 0.2) is 40.8 Å². The van der Waals surface area contributed by atoms with E-state index < -0.39 is 0 Å². The van der Waals surface area contributed by atoms with Gasteiger partial charge in [0.2, 0.25) is 0 Å². The molecular weight excluding hydrogens is 284 g/mol. The van der Waals surface area contributed by atoms with Gasteiger partial charge in [-0.1, -0.05) is 23.7 Å². The van der Waals surface area contributed by atoms with Gasteiger partial charge < -0.3 is 4.74 Å². The Balaban J connectivity index is 2.07. The first kappa shape index (κ1) is 13.6. The highest BCUT2D eigenvalue weighted by Gasteiger charge is 2.12. The molecule has 2 rings (SSSR count). The molecule has 0 fully saturated rings. The van der Waals surface area contributed by atoms with Gasteiger partial charge in [-0.3, -0.25) is 5.43 Å². The number of carbonyl (C=O) groups excluding carboxylic acids is 1. The zero-order chi connectivity index (χ0) is 13.7. The highest BCUT2D eigenvalue weighted by molar-refractivity contribution is 7.12. The van der Waals surface area contributed by atoms with E-state index in [1.54, 1.807) is 29.8 Å². The fourth-order valence-electron chi connectivity index (χ4n) is 1.41. The van der Waals surface area contributed by atoms with Gasteiger partial charge in [-0.15, -0.1) is 11.3 Å². The lowest BCUT2D eigenvalue weighted by Gasteiger charge is -2.01.